The molecule has 2 rings (SSSR count). The summed E-state index contributed by atoms with van der Waals surface area (Å²) >= 11 is 5.80. The Bertz CT molecular complexity index is 527. The lowest BCUT2D eigenvalue weighted by Crippen LogP contribution is -2.45. The number of hydrogen-bond acceptors (Lipinski definition) is 3. The maximum absolute atomic E-state index is 12.5. The van der Waals surface area contributed by atoms with Crippen LogP contribution in [-0.2, 0) is 15.6 Å². The van der Waals surface area contributed by atoms with Gasteiger partial charge in [0.1, 0.15) is 0 Å². The summed E-state index contributed by atoms with van der Waals surface area (Å²) in [6.45, 7) is 2.09. The standard InChI is InChI=1S/C14H20ClNO2S/c1-10-2-7-13(16)14(8-10)19(17,18)9-11-3-5-12(15)6-4-11/h3-6,10,13-14H,2,7-9,16H2,1H3. The third-order valence-electron chi connectivity index (χ3n) is 3.85. The Hall–Kier alpha value is -0.580. The van der Waals surface area contributed by atoms with E-state index >= 15 is 0 Å². The van der Waals surface area contributed by atoms with Crippen molar-refractivity contribution in [1.29, 1.82) is 0 Å². The van der Waals surface area contributed by atoms with Crippen molar-refractivity contribution in [2.75, 3.05) is 0 Å². The highest BCUT2D eigenvalue weighted by Crippen LogP contribution is 2.29. The maximum Gasteiger partial charge on any atom is 0.158 e. The molecule has 3 atom stereocenters. The lowest BCUT2D eigenvalue weighted by atomic mass is 9.87. The van der Waals surface area contributed by atoms with E-state index < -0.39 is 15.1 Å². The van der Waals surface area contributed by atoms with Crippen molar-refractivity contribution >= 4 is 21.4 Å². The van der Waals surface area contributed by atoms with Crippen LogP contribution in [-0.4, -0.2) is 19.7 Å². The molecule has 0 radical (unpaired) electrons. The number of rotatable bonds is 3. The first-order valence-corrected chi connectivity index (χ1v) is 8.69. The zero-order valence-corrected chi connectivity index (χ0v) is 12.6. The highest BCUT2D eigenvalue weighted by Gasteiger charge is 2.35. The molecule has 0 spiro atoms. The van der Waals surface area contributed by atoms with Gasteiger partial charge >= 0.3 is 0 Å². The van der Waals surface area contributed by atoms with E-state index in [4.69, 9.17) is 17.3 Å². The maximum atomic E-state index is 12.5. The van der Waals surface area contributed by atoms with Crippen molar-refractivity contribution in [3.63, 3.8) is 0 Å². The summed E-state index contributed by atoms with van der Waals surface area (Å²) in [6.07, 6.45) is 2.50. The molecule has 0 heterocycles. The number of nitrogens with two attached hydrogens (primary N) is 1. The van der Waals surface area contributed by atoms with Crippen LogP contribution in [0.5, 0.6) is 0 Å². The average molecular weight is 302 g/mol. The molecule has 1 aliphatic carbocycles. The summed E-state index contributed by atoms with van der Waals surface area (Å²) < 4.78 is 25.0. The van der Waals surface area contributed by atoms with Crippen molar-refractivity contribution in [3.8, 4) is 0 Å². The molecule has 5 heteroatoms. The fraction of sp³-hybridized carbons (Fsp3) is 0.571. The molecule has 1 aromatic carbocycles. The normalized spacial score (nSPS) is 28.3. The van der Waals surface area contributed by atoms with Crippen LogP contribution < -0.4 is 5.73 Å². The van der Waals surface area contributed by atoms with Gasteiger partial charge in [0.05, 0.1) is 11.0 Å². The third kappa shape index (κ3) is 3.71. The lowest BCUT2D eigenvalue weighted by molar-refractivity contribution is 0.346. The quantitative estimate of drug-likeness (QED) is 0.934. The van der Waals surface area contributed by atoms with Gasteiger partial charge in [-0.15, -0.1) is 0 Å². The van der Waals surface area contributed by atoms with Gasteiger partial charge in [-0.25, -0.2) is 8.42 Å². The first kappa shape index (κ1) is 14.8. The van der Waals surface area contributed by atoms with Crippen LogP contribution >= 0.6 is 11.6 Å². The molecular weight excluding hydrogens is 282 g/mol. The van der Waals surface area contributed by atoms with Crippen LogP contribution in [0.25, 0.3) is 0 Å². The molecule has 1 saturated carbocycles. The fourth-order valence-corrected chi connectivity index (χ4v) is 4.97. The molecular formula is C14H20ClNO2S. The van der Waals surface area contributed by atoms with E-state index in [0.29, 0.717) is 17.4 Å². The van der Waals surface area contributed by atoms with Crippen LogP contribution in [0.15, 0.2) is 24.3 Å². The molecule has 3 nitrogen and oxygen atoms in total. The zero-order chi connectivity index (χ0) is 14.0. The number of benzene rings is 1. The molecule has 1 aliphatic rings. The Morgan fingerprint density at radius 3 is 2.53 bits per heavy atom. The first-order valence-electron chi connectivity index (χ1n) is 6.60. The van der Waals surface area contributed by atoms with Gasteiger partial charge in [-0.1, -0.05) is 30.7 Å². The van der Waals surface area contributed by atoms with Gasteiger partial charge in [-0.2, -0.15) is 0 Å². The van der Waals surface area contributed by atoms with Crippen LogP contribution in [0.1, 0.15) is 31.7 Å². The molecule has 0 bridgehead atoms. The second kappa shape index (κ2) is 5.81. The smallest absolute Gasteiger partial charge is 0.158 e. The minimum Gasteiger partial charge on any atom is -0.327 e. The van der Waals surface area contributed by atoms with E-state index in [-0.39, 0.29) is 11.8 Å². The Morgan fingerprint density at radius 1 is 1.26 bits per heavy atom. The second-order valence-electron chi connectivity index (χ2n) is 5.55. The molecule has 0 saturated heterocycles. The van der Waals surface area contributed by atoms with Crippen molar-refractivity contribution in [2.24, 2.45) is 11.7 Å². The van der Waals surface area contributed by atoms with Crippen LogP contribution in [0.2, 0.25) is 5.02 Å². The summed E-state index contributed by atoms with van der Waals surface area (Å²) in [5, 5.41) is 0.205. The Morgan fingerprint density at radius 2 is 1.89 bits per heavy atom. The van der Waals surface area contributed by atoms with E-state index in [1.54, 1.807) is 24.3 Å². The van der Waals surface area contributed by atoms with Crippen LogP contribution in [0.4, 0.5) is 0 Å². The van der Waals surface area contributed by atoms with E-state index in [9.17, 15) is 8.42 Å². The molecule has 1 aromatic rings. The molecule has 19 heavy (non-hydrogen) atoms. The highest BCUT2D eigenvalue weighted by molar-refractivity contribution is 7.91. The topological polar surface area (TPSA) is 60.2 Å². The Kier molecular flexibility index (Phi) is 4.54. The fourth-order valence-electron chi connectivity index (χ4n) is 2.68. The Labute approximate surface area is 120 Å². The van der Waals surface area contributed by atoms with Gasteiger partial charge in [0.15, 0.2) is 9.84 Å². The molecule has 0 aliphatic heterocycles. The van der Waals surface area contributed by atoms with Crippen molar-refractivity contribution in [1.82, 2.24) is 0 Å². The molecule has 0 amide bonds. The first-order chi connectivity index (χ1) is 8.88. The van der Waals surface area contributed by atoms with E-state index in [0.717, 1.165) is 18.4 Å². The van der Waals surface area contributed by atoms with Crippen molar-refractivity contribution < 1.29 is 8.42 Å². The van der Waals surface area contributed by atoms with Gasteiger partial charge in [-0.05, 0) is 42.9 Å². The predicted octanol–water partition coefficient (Wildman–Crippen LogP) is 2.77. The van der Waals surface area contributed by atoms with Crippen molar-refractivity contribution in [2.45, 2.75) is 43.2 Å². The summed E-state index contributed by atoms with van der Waals surface area (Å²) in [5.41, 5.74) is 6.78. The summed E-state index contributed by atoms with van der Waals surface area (Å²) in [7, 11) is -3.20. The van der Waals surface area contributed by atoms with Gasteiger partial charge in [-0.3, -0.25) is 0 Å². The van der Waals surface area contributed by atoms with Gasteiger partial charge in [0.2, 0.25) is 0 Å². The molecule has 1 fully saturated rings. The minimum atomic E-state index is -3.20. The molecule has 0 aromatic heterocycles. The minimum absolute atomic E-state index is 0.0508. The third-order valence-corrected chi connectivity index (χ3v) is 6.30. The SMILES string of the molecule is CC1CCC(N)C(S(=O)(=O)Cc2ccc(Cl)cc2)C1. The largest absolute Gasteiger partial charge is 0.327 e. The summed E-state index contributed by atoms with van der Waals surface area (Å²) in [6, 6.07) is 6.73. The number of halogens is 1. The Balaban J connectivity index is 2.15. The monoisotopic (exact) mass is 301 g/mol. The summed E-state index contributed by atoms with van der Waals surface area (Å²) in [4.78, 5) is 0. The second-order valence-corrected chi connectivity index (χ2v) is 8.21. The molecule has 3 unspecified atom stereocenters. The number of hydrogen-bond donors (Lipinski definition) is 1. The molecule has 106 valence electrons. The van der Waals surface area contributed by atoms with E-state index in [1.807, 2.05) is 0 Å². The lowest BCUT2D eigenvalue weighted by Gasteiger charge is -2.32. The van der Waals surface area contributed by atoms with Crippen molar-refractivity contribution in [3.05, 3.63) is 34.9 Å². The van der Waals surface area contributed by atoms with E-state index in [2.05, 4.69) is 6.92 Å². The van der Waals surface area contributed by atoms with Gasteiger partial charge < -0.3 is 5.73 Å². The van der Waals surface area contributed by atoms with Gasteiger partial charge in [0.25, 0.3) is 0 Å². The van der Waals surface area contributed by atoms with Crippen LogP contribution in [0.3, 0.4) is 0 Å². The highest BCUT2D eigenvalue weighted by atomic mass is 35.5. The van der Waals surface area contributed by atoms with E-state index in [1.165, 1.54) is 0 Å². The number of sulfone groups is 1. The van der Waals surface area contributed by atoms with Gasteiger partial charge in [0, 0.05) is 11.1 Å². The molecule has 2 N–H and O–H groups in total. The predicted molar refractivity (Wildman–Crippen MR) is 78.9 cm³/mol. The summed E-state index contributed by atoms with van der Waals surface area (Å²) in [5.74, 6) is 0.486. The van der Waals surface area contributed by atoms with Crippen LogP contribution in [0, 0.1) is 5.92 Å². The average Bonchev–Trinajstić information content (AvgIpc) is 2.35. The zero-order valence-electron chi connectivity index (χ0n) is 11.0.